The van der Waals surface area contributed by atoms with Gasteiger partial charge in [-0.05, 0) is 74.5 Å². The lowest BCUT2D eigenvalue weighted by atomic mass is 9.62. The molecule has 33 heavy (non-hydrogen) atoms. The lowest BCUT2D eigenvalue weighted by Gasteiger charge is -2.46. The van der Waals surface area contributed by atoms with Crippen LogP contribution in [-0.2, 0) is 4.79 Å². The number of aromatic amines is 1. The Morgan fingerprint density at radius 2 is 1.94 bits per heavy atom. The van der Waals surface area contributed by atoms with Gasteiger partial charge in [0.2, 0.25) is 6.08 Å². The van der Waals surface area contributed by atoms with E-state index in [1.54, 1.807) is 6.08 Å². The summed E-state index contributed by atoms with van der Waals surface area (Å²) in [7, 11) is 0. The number of piperidine rings is 1. The number of benzene rings is 1. The van der Waals surface area contributed by atoms with Crippen LogP contribution in [0.25, 0.3) is 10.9 Å². The van der Waals surface area contributed by atoms with Gasteiger partial charge in [0.25, 0.3) is 0 Å². The second kappa shape index (κ2) is 8.98. The molecule has 2 heterocycles. The number of isocyanates is 1. The summed E-state index contributed by atoms with van der Waals surface area (Å²) in [5.41, 5.74) is 5.17. The van der Waals surface area contributed by atoms with E-state index >= 15 is 0 Å². The van der Waals surface area contributed by atoms with Crippen LogP contribution in [0.1, 0.15) is 75.6 Å². The van der Waals surface area contributed by atoms with Gasteiger partial charge < -0.3 is 15.2 Å². The number of rotatable bonds is 4. The van der Waals surface area contributed by atoms with Gasteiger partial charge in [0.15, 0.2) is 0 Å². The van der Waals surface area contributed by atoms with Crippen LogP contribution < -0.4 is 5.32 Å². The SMILES string of the molecule is Cc1ccc2[nH]c(C3CCN(C(=O)NC4CC(C)(C)CC(C)(CN=C=O)C4)CC3)c(C)c2c1. The highest BCUT2D eigenvalue weighted by Crippen LogP contribution is 2.46. The smallest absolute Gasteiger partial charge is 0.317 e. The van der Waals surface area contributed by atoms with Crippen molar-refractivity contribution in [1.82, 2.24) is 15.2 Å². The minimum Gasteiger partial charge on any atom is -0.358 e. The Kier molecular flexibility index (Phi) is 6.41. The number of hydrogen-bond acceptors (Lipinski definition) is 3. The van der Waals surface area contributed by atoms with E-state index in [0.717, 1.165) is 45.2 Å². The second-order valence-corrected chi connectivity index (χ2v) is 11.6. The molecule has 178 valence electrons. The van der Waals surface area contributed by atoms with Gasteiger partial charge in [-0.2, -0.15) is 0 Å². The number of likely N-dealkylation sites (tertiary alicyclic amines) is 1. The van der Waals surface area contributed by atoms with Crippen LogP contribution in [0.3, 0.4) is 0 Å². The topological polar surface area (TPSA) is 77.6 Å². The van der Waals surface area contributed by atoms with Gasteiger partial charge in [-0.15, -0.1) is 0 Å². The van der Waals surface area contributed by atoms with Crippen molar-refractivity contribution in [3.63, 3.8) is 0 Å². The summed E-state index contributed by atoms with van der Waals surface area (Å²) in [6.45, 7) is 13.0. The molecule has 2 aromatic rings. The number of aromatic nitrogens is 1. The number of nitrogens with zero attached hydrogens (tertiary/aromatic N) is 2. The van der Waals surface area contributed by atoms with Gasteiger partial charge in [-0.1, -0.05) is 32.4 Å². The molecule has 0 radical (unpaired) electrons. The number of carbonyl (C=O) groups is 1. The Balaban J connectivity index is 1.37. The molecule has 2 aliphatic rings. The van der Waals surface area contributed by atoms with Crippen molar-refractivity contribution in [2.45, 2.75) is 78.7 Å². The van der Waals surface area contributed by atoms with Crippen LogP contribution in [0.15, 0.2) is 23.2 Å². The zero-order valence-corrected chi connectivity index (χ0v) is 20.8. The second-order valence-electron chi connectivity index (χ2n) is 11.6. The standard InChI is InChI=1S/C27H38N4O2/c1-18-6-7-23-22(12-18)19(2)24(30-23)20-8-10-31(11-9-20)25(33)29-21-13-26(3,4)15-27(5,14-21)16-28-17-32/h6-7,12,20-21,30H,8-11,13-16H2,1-5H3,(H,29,33). The minimum absolute atomic E-state index is 0.0429. The molecule has 6 heteroatoms. The molecule has 1 saturated heterocycles. The van der Waals surface area contributed by atoms with Gasteiger partial charge in [0.05, 0.1) is 6.54 Å². The quantitative estimate of drug-likeness (QED) is 0.470. The highest BCUT2D eigenvalue weighted by molar-refractivity contribution is 5.85. The molecule has 1 aliphatic carbocycles. The summed E-state index contributed by atoms with van der Waals surface area (Å²) < 4.78 is 0. The molecule has 1 saturated carbocycles. The van der Waals surface area contributed by atoms with E-state index in [0.29, 0.717) is 12.5 Å². The third-order valence-corrected chi connectivity index (χ3v) is 7.74. The Morgan fingerprint density at radius 3 is 2.64 bits per heavy atom. The van der Waals surface area contributed by atoms with Crippen LogP contribution in [-0.4, -0.2) is 47.7 Å². The number of urea groups is 1. The lowest BCUT2D eigenvalue weighted by Crippen LogP contribution is -2.52. The fraction of sp³-hybridized carbons (Fsp3) is 0.630. The normalized spacial score (nSPS) is 25.6. The average molecular weight is 451 g/mol. The molecule has 0 bridgehead atoms. The number of aliphatic imine (C=N–C) groups is 1. The monoisotopic (exact) mass is 450 g/mol. The number of carbonyl (C=O) groups excluding carboxylic acids is 2. The maximum atomic E-state index is 13.1. The van der Waals surface area contributed by atoms with Crippen molar-refractivity contribution in [3.8, 4) is 0 Å². The summed E-state index contributed by atoms with van der Waals surface area (Å²) in [6, 6.07) is 6.72. The first-order valence-electron chi connectivity index (χ1n) is 12.3. The predicted molar refractivity (Wildman–Crippen MR) is 132 cm³/mol. The van der Waals surface area contributed by atoms with Crippen LogP contribution in [0, 0.1) is 24.7 Å². The van der Waals surface area contributed by atoms with Crippen molar-refractivity contribution >= 4 is 23.0 Å². The molecule has 6 nitrogen and oxygen atoms in total. The highest BCUT2D eigenvalue weighted by Gasteiger charge is 2.42. The number of amides is 2. The van der Waals surface area contributed by atoms with Gasteiger partial charge >= 0.3 is 6.03 Å². The molecule has 0 spiro atoms. The third-order valence-electron chi connectivity index (χ3n) is 7.74. The zero-order chi connectivity index (χ0) is 23.8. The number of aryl methyl sites for hydroxylation is 2. The van der Waals surface area contributed by atoms with Crippen LogP contribution in [0.5, 0.6) is 0 Å². The van der Waals surface area contributed by atoms with E-state index in [1.807, 2.05) is 4.90 Å². The van der Waals surface area contributed by atoms with E-state index in [4.69, 9.17) is 0 Å². The fourth-order valence-corrected chi connectivity index (χ4v) is 6.59. The van der Waals surface area contributed by atoms with Gasteiger partial charge in [0, 0.05) is 41.6 Å². The molecule has 2 atom stereocenters. The van der Waals surface area contributed by atoms with Crippen LogP contribution in [0.2, 0.25) is 0 Å². The molecule has 2 fully saturated rings. The van der Waals surface area contributed by atoms with Crippen molar-refractivity contribution in [3.05, 3.63) is 35.0 Å². The number of H-pyrrole nitrogens is 1. The highest BCUT2D eigenvalue weighted by atomic mass is 16.2. The predicted octanol–water partition coefficient (Wildman–Crippen LogP) is 5.59. The third kappa shape index (κ3) is 5.16. The minimum atomic E-state index is -0.0877. The molecule has 1 aromatic heterocycles. The first-order chi connectivity index (χ1) is 15.6. The lowest BCUT2D eigenvalue weighted by molar-refractivity contribution is 0.0769. The van der Waals surface area contributed by atoms with E-state index in [9.17, 15) is 9.59 Å². The summed E-state index contributed by atoms with van der Waals surface area (Å²) >= 11 is 0. The maximum Gasteiger partial charge on any atom is 0.317 e. The number of nitrogens with one attached hydrogen (secondary N) is 2. The first-order valence-corrected chi connectivity index (χ1v) is 12.3. The first kappa shape index (κ1) is 23.6. The summed E-state index contributed by atoms with van der Waals surface area (Å²) in [5, 5.41) is 4.62. The van der Waals surface area contributed by atoms with E-state index in [1.165, 1.54) is 27.7 Å². The average Bonchev–Trinajstić information content (AvgIpc) is 3.07. The van der Waals surface area contributed by atoms with Gasteiger partial charge in [-0.25, -0.2) is 14.6 Å². The van der Waals surface area contributed by atoms with E-state index < -0.39 is 0 Å². The number of hydrogen-bond donors (Lipinski definition) is 2. The van der Waals surface area contributed by atoms with E-state index in [-0.39, 0.29) is 22.9 Å². The molecule has 4 rings (SSSR count). The van der Waals surface area contributed by atoms with Crippen molar-refractivity contribution in [1.29, 1.82) is 0 Å². The summed E-state index contributed by atoms with van der Waals surface area (Å²) in [5.74, 6) is 0.458. The molecular formula is C27H38N4O2. The Bertz CT molecular complexity index is 1070. The molecule has 2 N–H and O–H groups in total. The Hall–Kier alpha value is -2.59. The van der Waals surface area contributed by atoms with Gasteiger partial charge in [-0.3, -0.25) is 0 Å². The molecule has 2 unspecified atom stereocenters. The van der Waals surface area contributed by atoms with Crippen LogP contribution >= 0.6 is 0 Å². The summed E-state index contributed by atoms with van der Waals surface area (Å²) in [6.07, 6.45) is 6.42. The fourth-order valence-electron chi connectivity index (χ4n) is 6.59. The van der Waals surface area contributed by atoms with Crippen LogP contribution in [0.4, 0.5) is 4.79 Å². The molecule has 1 aliphatic heterocycles. The maximum absolute atomic E-state index is 13.1. The summed E-state index contributed by atoms with van der Waals surface area (Å²) in [4.78, 5) is 33.3. The van der Waals surface area contributed by atoms with Crippen molar-refractivity contribution in [2.75, 3.05) is 19.6 Å². The van der Waals surface area contributed by atoms with E-state index in [2.05, 4.69) is 68.1 Å². The zero-order valence-electron chi connectivity index (χ0n) is 20.8. The number of fused-ring (bicyclic) bond motifs is 1. The van der Waals surface area contributed by atoms with Crippen molar-refractivity contribution in [2.24, 2.45) is 15.8 Å². The Labute approximate surface area is 197 Å². The Morgan fingerprint density at radius 1 is 1.21 bits per heavy atom. The largest absolute Gasteiger partial charge is 0.358 e. The van der Waals surface area contributed by atoms with Gasteiger partial charge in [0.1, 0.15) is 0 Å². The molecule has 1 aromatic carbocycles. The molecular weight excluding hydrogens is 412 g/mol. The van der Waals surface area contributed by atoms with Crippen molar-refractivity contribution < 1.29 is 9.59 Å². The molecule has 2 amide bonds.